The first-order valence-corrected chi connectivity index (χ1v) is 10.2. The Morgan fingerprint density at radius 3 is 2.22 bits per heavy atom. The van der Waals surface area contributed by atoms with Crippen molar-refractivity contribution in [2.45, 2.75) is 23.0 Å². The Morgan fingerprint density at radius 2 is 1.63 bits per heavy atom. The van der Waals surface area contributed by atoms with Crippen LogP contribution in [-0.2, 0) is 14.6 Å². The number of hydrogen-bond acceptors (Lipinski definition) is 5. The molecule has 0 saturated carbocycles. The third-order valence-corrected chi connectivity index (χ3v) is 6.79. The molecule has 0 radical (unpaired) electrons. The lowest BCUT2D eigenvalue weighted by Gasteiger charge is -2.38. The lowest BCUT2D eigenvalue weighted by Crippen LogP contribution is -2.56. The van der Waals surface area contributed by atoms with Crippen molar-refractivity contribution in [1.82, 2.24) is 4.90 Å². The predicted octanol–water partition coefficient (Wildman–Crippen LogP) is 2.34. The van der Waals surface area contributed by atoms with Crippen molar-refractivity contribution in [3.63, 3.8) is 0 Å². The highest BCUT2D eigenvalue weighted by Crippen LogP contribution is 2.26. The summed E-state index contributed by atoms with van der Waals surface area (Å²) in [5, 5.41) is -0.611. The Balaban J connectivity index is 1.52. The maximum atomic E-state index is 12.6. The number of sulfone groups is 1. The van der Waals surface area contributed by atoms with Crippen LogP contribution < -0.4 is 4.74 Å². The van der Waals surface area contributed by atoms with Crippen molar-refractivity contribution in [2.75, 3.05) is 20.2 Å². The van der Waals surface area contributed by atoms with E-state index in [0.29, 0.717) is 11.3 Å². The van der Waals surface area contributed by atoms with E-state index in [1.165, 1.54) is 24.1 Å². The molecule has 6 nitrogen and oxygen atoms in total. The number of methoxy groups -OCH3 is 1. The third kappa shape index (κ3) is 4.19. The Labute approximate surface area is 158 Å². The Bertz CT molecular complexity index is 917. The molecular weight excluding hydrogens is 366 g/mol. The molecule has 2 aromatic rings. The summed E-state index contributed by atoms with van der Waals surface area (Å²) in [4.78, 5) is 26.0. The molecule has 0 bridgehead atoms. The molecule has 27 heavy (non-hydrogen) atoms. The van der Waals surface area contributed by atoms with Gasteiger partial charge in [0, 0.05) is 31.5 Å². The molecule has 0 unspecified atom stereocenters. The first kappa shape index (κ1) is 19.1. The molecule has 0 aromatic heterocycles. The minimum Gasteiger partial charge on any atom is -0.497 e. The molecule has 3 rings (SSSR count). The first-order chi connectivity index (χ1) is 12.9. The summed E-state index contributed by atoms with van der Waals surface area (Å²) in [5.41, 5.74) is 0.578. The SMILES string of the molecule is COc1ccc(S(=O)(=O)C2CN(C(=O)CCC(=O)c3ccccc3)C2)cc1. The van der Waals surface area contributed by atoms with Crippen LogP contribution in [0.25, 0.3) is 0 Å². The van der Waals surface area contributed by atoms with Crippen LogP contribution >= 0.6 is 0 Å². The van der Waals surface area contributed by atoms with Gasteiger partial charge in [-0.05, 0) is 24.3 Å². The van der Waals surface area contributed by atoms with Crippen molar-refractivity contribution < 1.29 is 22.7 Å². The summed E-state index contributed by atoms with van der Waals surface area (Å²) < 4.78 is 30.2. The molecule has 7 heteroatoms. The van der Waals surface area contributed by atoms with E-state index in [2.05, 4.69) is 0 Å². The van der Waals surface area contributed by atoms with Gasteiger partial charge < -0.3 is 9.64 Å². The van der Waals surface area contributed by atoms with E-state index in [1.54, 1.807) is 36.4 Å². The van der Waals surface area contributed by atoms with Crippen LogP contribution in [0.4, 0.5) is 0 Å². The molecule has 1 aliphatic heterocycles. The molecule has 0 atom stereocenters. The minimum absolute atomic E-state index is 0.0863. The molecule has 1 fully saturated rings. The Morgan fingerprint density at radius 1 is 1.00 bits per heavy atom. The van der Waals surface area contributed by atoms with Crippen LogP contribution in [0.1, 0.15) is 23.2 Å². The summed E-state index contributed by atoms with van der Waals surface area (Å²) in [5.74, 6) is 0.301. The Kier molecular flexibility index (Phi) is 5.60. The number of ether oxygens (including phenoxy) is 1. The molecule has 1 saturated heterocycles. The van der Waals surface area contributed by atoms with Crippen molar-refractivity contribution in [3.05, 3.63) is 60.2 Å². The lowest BCUT2D eigenvalue weighted by atomic mass is 10.1. The monoisotopic (exact) mass is 387 g/mol. The van der Waals surface area contributed by atoms with Gasteiger partial charge in [-0.15, -0.1) is 0 Å². The molecule has 1 amide bonds. The number of carbonyl (C=O) groups excluding carboxylic acids is 2. The molecule has 1 heterocycles. The molecule has 1 aliphatic rings. The number of amides is 1. The van der Waals surface area contributed by atoms with Gasteiger partial charge in [0.15, 0.2) is 15.6 Å². The number of Topliss-reactive ketones (excluding diaryl/α,β-unsaturated/α-hetero) is 1. The fourth-order valence-corrected chi connectivity index (χ4v) is 4.60. The maximum absolute atomic E-state index is 12.6. The van der Waals surface area contributed by atoms with Crippen molar-refractivity contribution in [2.24, 2.45) is 0 Å². The van der Waals surface area contributed by atoms with E-state index >= 15 is 0 Å². The number of rotatable bonds is 7. The largest absolute Gasteiger partial charge is 0.497 e. The zero-order valence-electron chi connectivity index (χ0n) is 15.0. The van der Waals surface area contributed by atoms with Crippen LogP contribution in [0.15, 0.2) is 59.5 Å². The van der Waals surface area contributed by atoms with Crippen molar-refractivity contribution >= 4 is 21.5 Å². The summed E-state index contributed by atoms with van der Waals surface area (Å²) in [6.45, 7) is 0.319. The molecular formula is C20H21NO5S. The van der Waals surface area contributed by atoms with Gasteiger partial charge in [-0.1, -0.05) is 30.3 Å². The molecule has 142 valence electrons. The standard InChI is InChI=1S/C20H21NO5S/c1-26-16-7-9-17(10-8-16)27(24,25)18-13-21(14-18)20(23)12-11-19(22)15-5-3-2-4-6-15/h2-10,18H,11-14H2,1H3. The number of ketones is 1. The van der Waals surface area contributed by atoms with Crippen LogP contribution in [0.3, 0.4) is 0 Å². The fraction of sp³-hybridized carbons (Fsp3) is 0.300. The zero-order valence-corrected chi connectivity index (χ0v) is 15.8. The van der Waals surface area contributed by atoms with Gasteiger partial charge in [0.2, 0.25) is 5.91 Å². The number of nitrogens with zero attached hydrogens (tertiary/aromatic N) is 1. The van der Waals surface area contributed by atoms with Gasteiger partial charge in [0.05, 0.1) is 12.0 Å². The Hall–Kier alpha value is -2.67. The molecule has 0 aliphatic carbocycles. The second kappa shape index (κ2) is 7.92. The van der Waals surface area contributed by atoms with E-state index in [-0.39, 0.29) is 42.5 Å². The smallest absolute Gasteiger partial charge is 0.223 e. The van der Waals surface area contributed by atoms with Crippen molar-refractivity contribution in [3.8, 4) is 5.75 Å². The second-order valence-corrected chi connectivity index (χ2v) is 8.66. The average Bonchev–Trinajstić information content (AvgIpc) is 2.65. The highest BCUT2D eigenvalue weighted by atomic mass is 32.2. The average molecular weight is 387 g/mol. The van der Waals surface area contributed by atoms with Crippen molar-refractivity contribution in [1.29, 1.82) is 0 Å². The first-order valence-electron chi connectivity index (χ1n) is 8.66. The van der Waals surface area contributed by atoms with Gasteiger partial charge in [-0.3, -0.25) is 9.59 Å². The number of hydrogen-bond donors (Lipinski definition) is 0. The lowest BCUT2D eigenvalue weighted by molar-refractivity contribution is -0.134. The molecule has 0 spiro atoms. The van der Waals surface area contributed by atoms with E-state index in [1.807, 2.05) is 6.07 Å². The molecule has 2 aromatic carbocycles. The predicted molar refractivity (Wildman–Crippen MR) is 101 cm³/mol. The fourth-order valence-electron chi connectivity index (χ4n) is 2.94. The van der Waals surface area contributed by atoms with Crippen LogP contribution in [0, 0.1) is 0 Å². The van der Waals surface area contributed by atoms with Crippen LogP contribution in [-0.4, -0.2) is 50.5 Å². The second-order valence-electron chi connectivity index (χ2n) is 6.43. The quantitative estimate of drug-likeness (QED) is 0.681. The summed E-state index contributed by atoms with van der Waals surface area (Å²) >= 11 is 0. The van der Waals surface area contributed by atoms with Gasteiger partial charge in [-0.25, -0.2) is 8.42 Å². The normalized spacial score (nSPS) is 14.5. The number of carbonyl (C=O) groups is 2. The maximum Gasteiger partial charge on any atom is 0.223 e. The van der Waals surface area contributed by atoms with E-state index in [4.69, 9.17) is 4.74 Å². The topological polar surface area (TPSA) is 80.8 Å². The van der Waals surface area contributed by atoms with E-state index in [0.717, 1.165) is 0 Å². The summed E-state index contributed by atoms with van der Waals surface area (Å²) in [7, 11) is -1.97. The number of benzene rings is 2. The van der Waals surface area contributed by atoms with Gasteiger partial charge in [0.25, 0.3) is 0 Å². The van der Waals surface area contributed by atoms with Gasteiger partial charge in [-0.2, -0.15) is 0 Å². The van der Waals surface area contributed by atoms with Crippen LogP contribution in [0.5, 0.6) is 5.75 Å². The highest BCUT2D eigenvalue weighted by Gasteiger charge is 2.40. The minimum atomic E-state index is -3.48. The van der Waals surface area contributed by atoms with E-state index in [9.17, 15) is 18.0 Å². The van der Waals surface area contributed by atoms with Gasteiger partial charge >= 0.3 is 0 Å². The highest BCUT2D eigenvalue weighted by molar-refractivity contribution is 7.92. The summed E-state index contributed by atoms with van der Waals surface area (Å²) in [6.07, 6.45) is 0.207. The zero-order chi connectivity index (χ0) is 19.4. The summed E-state index contributed by atoms with van der Waals surface area (Å²) in [6, 6.07) is 15.0. The molecule has 0 N–H and O–H groups in total. The van der Waals surface area contributed by atoms with Crippen LogP contribution in [0.2, 0.25) is 0 Å². The third-order valence-electron chi connectivity index (χ3n) is 4.69. The van der Waals surface area contributed by atoms with E-state index < -0.39 is 15.1 Å². The number of likely N-dealkylation sites (tertiary alicyclic amines) is 1. The van der Waals surface area contributed by atoms with Gasteiger partial charge in [0.1, 0.15) is 11.0 Å².